The second-order valence-electron chi connectivity index (χ2n) is 8.42. The molecule has 8 heteroatoms. The summed E-state index contributed by atoms with van der Waals surface area (Å²) in [6, 6.07) is 7.73. The van der Waals surface area contributed by atoms with Crippen LogP contribution in [0.2, 0.25) is 0 Å². The van der Waals surface area contributed by atoms with Gasteiger partial charge in [-0.3, -0.25) is 9.59 Å². The van der Waals surface area contributed by atoms with E-state index < -0.39 is 23.5 Å². The molecule has 0 bridgehead atoms. The summed E-state index contributed by atoms with van der Waals surface area (Å²) in [7, 11) is 3.07. The van der Waals surface area contributed by atoms with Crippen molar-refractivity contribution >= 4 is 11.7 Å². The number of Topliss-reactive ketones (excluding diaryl/α,β-unsaturated/α-hetero) is 1. The Kier molecular flexibility index (Phi) is 6.74. The van der Waals surface area contributed by atoms with Crippen LogP contribution in [0.3, 0.4) is 0 Å². The Hall–Kier alpha value is -3.26. The number of aliphatic hydroxyl groups is 1. The molecule has 2 aliphatic heterocycles. The third kappa shape index (κ3) is 4.48. The number of aliphatic hydroxyl groups excluding tert-OH is 1. The number of hydrogen-bond acceptors (Lipinski definition) is 7. The van der Waals surface area contributed by atoms with Crippen LogP contribution in [0.5, 0.6) is 11.5 Å². The molecule has 0 spiro atoms. The topological polar surface area (TPSA) is 92.5 Å². The first-order valence-corrected chi connectivity index (χ1v) is 11.2. The fourth-order valence-electron chi connectivity index (χ4n) is 4.61. The molecule has 8 nitrogen and oxygen atoms in total. The predicted molar refractivity (Wildman–Crippen MR) is 122 cm³/mol. The maximum Gasteiger partial charge on any atom is 0.290 e. The quantitative estimate of drug-likeness (QED) is 0.609. The molecule has 1 aromatic carbocycles. The van der Waals surface area contributed by atoms with Gasteiger partial charge in [0, 0.05) is 13.1 Å². The van der Waals surface area contributed by atoms with Gasteiger partial charge in [0.15, 0.2) is 23.0 Å². The van der Waals surface area contributed by atoms with Crippen molar-refractivity contribution in [1.29, 1.82) is 0 Å². The lowest BCUT2D eigenvalue weighted by atomic mass is 9.94. The van der Waals surface area contributed by atoms with Crippen molar-refractivity contribution in [2.45, 2.75) is 32.2 Å². The van der Waals surface area contributed by atoms with Gasteiger partial charge in [-0.15, -0.1) is 0 Å². The molecule has 1 N–H and O–H groups in total. The van der Waals surface area contributed by atoms with Gasteiger partial charge in [-0.05, 0) is 62.7 Å². The Morgan fingerprint density at radius 1 is 1.06 bits per heavy atom. The number of methoxy groups -OCH3 is 2. The van der Waals surface area contributed by atoms with Gasteiger partial charge in [0.2, 0.25) is 5.78 Å². The summed E-state index contributed by atoms with van der Waals surface area (Å²) in [4.78, 5) is 30.4. The SMILES string of the molecule is COc1ccc(C2C(C(=O)c3ccc(C)o3)=C(O)C(=O)N2CCN2CCCCC2)cc1OC. The first-order chi connectivity index (χ1) is 15.9. The van der Waals surface area contributed by atoms with E-state index in [0.717, 1.165) is 25.9 Å². The number of ether oxygens (including phenoxy) is 2. The first kappa shape index (κ1) is 22.9. The molecule has 1 amide bonds. The fourth-order valence-corrected chi connectivity index (χ4v) is 4.61. The number of amides is 1. The van der Waals surface area contributed by atoms with E-state index in [0.29, 0.717) is 35.9 Å². The van der Waals surface area contributed by atoms with E-state index in [2.05, 4.69) is 4.90 Å². The van der Waals surface area contributed by atoms with Gasteiger partial charge in [-0.2, -0.15) is 0 Å². The van der Waals surface area contributed by atoms with Crippen LogP contribution in [0.1, 0.15) is 47.2 Å². The van der Waals surface area contributed by atoms with Gasteiger partial charge in [0.25, 0.3) is 5.91 Å². The first-order valence-electron chi connectivity index (χ1n) is 11.2. The predicted octanol–water partition coefficient (Wildman–Crippen LogP) is 3.67. The van der Waals surface area contributed by atoms with Crippen LogP contribution in [0, 0.1) is 6.92 Å². The number of rotatable bonds is 8. The minimum Gasteiger partial charge on any atom is -0.503 e. The Balaban J connectivity index is 1.72. The van der Waals surface area contributed by atoms with Crippen LogP contribution in [-0.4, -0.2) is 67.0 Å². The zero-order chi connectivity index (χ0) is 23.5. The summed E-state index contributed by atoms with van der Waals surface area (Å²) >= 11 is 0. The highest BCUT2D eigenvalue weighted by atomic mass is 16.5. The van der Waals surface area contributed by atoms with Gasteiger partial charge < -0.3 is 28.8 Å². The molecule has 0 saturated carbocycles. The monoisotopic (exact) mass is 454 g/mol. The summed E-state index contributed by atoms with van der Waals surface area (Å²) in [5.41, 5.74) is 0.663. The van der Waals surface area contributed by atoms with Crippen molar-refractivity contribution in [1.82, 2.24) is 9.80 Å². The molecule has 1 unspecified atom stereocenters. The van der Waals surface area contributed by atoms with Gasteiger partial charge in [0.05, 0.1) is 25.8 Å². The maximum atomic E-state index is 13.4. The molecule has 1 fully saturated rings. The number of hydrogen-bond donors (Lipinski definition) is 1. The van der Waals surface area contributed by atoms with Crippen molar-refractivity contribution in [2.24, 2.45) is 0 Å². The van der Waals surface area contributed by atoms with Crippen LogP contribution < -0.4 is 9.47 Å². The van der Waals surface area contributed by atoms with E-state index in [1.54, 1.807) is 49.3 Å². The molecule has 1 aromatic heterocycles. The molecule has 0 aliphatic carbocycles. The molecular formula is C25H30N2O6. The van der Waals surface area contributed by atoms with Crippen molar-refractivity contribution in [3.05, 3.63) is 58.7 Å². The zero-order valence-electron chi connectivity index (χ0n) is 19.3. The third-order valence-electron chi connectivity index (χ3n) is 6.34. The zero-order valence-corrected chi connectivity index (χ0v) is 19.3. The summed E-state index contributed by atoms with van der Waals surface area (Å²) in [5.74, 6) is 0.0799. The van der Waals surface area contributed by atoms with Gasteiger partial charge in [0.1, 0.15) is 5.76 Å². The largest absolute Gasteiger partial charge is 0.503 e. The highest BCUT2D eigenvalue weighted by Crippen LogP contribution is 2.41. The average Bonchev–Trinajstić information content (AvgIpc) is 3.38. The number of aryl methyl sites for hydroxylation is 1. The number of likely N-dealkylation sites (tertiary alicyclic amines) is 1. The van der Waals surface area contributed by atoms with Crippen molar-refractivity contribution in [2.75, 3.05) is 40.4 Å². The Bertz CT molecular complexity index is 1070. The summed E-state index contributed by atoms with van der Waals surface area (Å²) < 4.78 is 16.3. The minimum absolute atomic E-state index is 0.0141. The lowest BCUT2D eigenvalue weighted by molar-refractivity contribution is -0.129. The van der Waals surface area contributed by atoms with Crippen LogP contribution in [0.25, 0.3) is 0 Å². The summed E-state index contributed by atoms with van der Waals surface area (Å²) in [5, 5.41) is 10.8. The lowest BCUT2D eigenvalue weighted by Gasteiger charge is -2.31. The number of carbonyl (C=O) groups excluding carboxylic acids is 2. The third-order valence-corrected chi connectivity index (χ3v) is 6.34. The van der Waals surface area contributed by atoms with E-state index in [9.17, 15) is 14.7 Å². The maximum absolute atomic E-state index is 13.4. The van der Waals surface area contributed by atoms with E-state index in [-0.39, 0.29) is 11.3 Å². The standard InChI is InChI=1S/C25H30N2O6/c1-16-7-9-19(33-16)23(28)21-22(17-8-10-18(31-2)20(15-17)32-3)27(25(30)24(21)29)14-13-26-11-5-4-6-12-26/h7-10,15,22,29H,4-6,11-14H2,1-3H3. The molecule has 176 valence electrons. The molecular weight excluding hydrogens is 424 g/mol. The van der Waals surface area contributed by atoms with E-state index >= 15 is 0 Å². The molecule has 33 heavy (non-hydrogen) atoms. The Labute approximate surface area is 193 Å². The van der Waals surface area contributed by atoms with Crippen LogP contribution >= 0.6 is 0 Å². The number of ketones is 1. The van der Waals surface area contributed by atoms with Crippen molar-refractivity contribution in [3.63, 3.8) is 0 Å². The number of piperidine rings is 1. The number of furan rings is 1. The number of benzene rings is 1. The van der Waals surface area contributed by atoms with Crippen LogP contribution in [0.4, 0.5) is 0 Å². The highest BCUT2D eigenvalue weighted by Gasteiger charge is 2.44. The average molecular weight is 455 g/mol. The summed E-state index contributed by atoms with van der Waals surface area (Å²) in [6.45, 7) is 4.77. The molecule has 1 atom stereocenters. The fraction of sp³-hybridized carbons (Fsp3) is 0.440. The lowest BCUT2D eigenvalue weighted by Crippen LogP contribution is -2.40. The molecule has 4 rings (SSSR count). The smallest absolute Gasteiger partial charge is 0.290 e. The van der Waals surface area contributed by atoms with Gasteiger partial charge >= 0.3 is 0 Å². The summed E-state index contributed by atoms with van der Waals surface area (Å²) in [6.07, 6.45) is 3.49. The molecule has 0 radical (unpaired) electrons. The molecule has 2 aliphatic rings. The highest BCUT2D eigenvalue weighted by molar-refractivity contribution is 6.15. The second-order valence-corrected chi connectivity index (χ2v) is 8.42. The van der Waals surface area contributed by atoms with E-state index in [4.69, 9.17) is 13.9 Å². The van der Waals surface area contributed by atoms with Crippen molar-refractivity contribution < 1.29 is 28.6 Å². The molecule has 2 aromatic rings. The minimum atomic E-state index is -0.764. The molecule has 3 heterocycles. The van der Waals surface area contributed by atoms with Gasteiger partial charge in [-0.25, -0.2) is 0 Å². The number of nitrogens with zero attached hydrogens (tertiary/aromatic N) is 2. The normalized spacial score (nSPS) is 19.3. The van der Waals surface area contributed by atoms with Crippen LogP contribution in [0.15, 0.2) is 46.1 Å². The number of carbonyl (C=O) groups is 2. The van der Waals surface area contributed by atoms with Gasteiger partial charge in [-0.1, -0.05) is 12.5 Å². The second kappa shape index (κ2) is 9.70. The van der Waals surface area contributed by atoms with E-state index in [1.807, 2.05) is 0 Å². The van der Waals surface area contributed by atoms with E-state index in [1.165, 1.54) is 13.5 Å². The Morgan fingerprint density at radius 3 is 2.42 bits per heavy atom. The molecule has 1 saturated heterocycles. The van der Waals surface area contributed by atoms with Crippen LogP contribution in [-0.2, 0) is 4.79 Å². The van der Waals surface area contributed by atoms with Crippen molar-refractivity contribution in [3.8, 4) is 11.5 Å². The Morgan fingerprint density at radius 2 is 1.79 bits per heavy atom.